The topological polar surface area (TPSA) is 29.5 Å². The van der Waals surface area contributed by atoms with Gasteiger partial charge in [0.1, 0.15) is 11.6 Å². The molecule has 0 aliphatic carbocycles. The number of carbonyl (C=O) groups excluding carboxylic acids is 1. The van der Waals surface area contributed by atoms with E-state index in [2.05, 4.69) is 4.90 Å². The summed E-state index contributed by atoms with van der Waals surface area (Å²) in [5.74, 6) is -0.0856. The van der Waals surface area contributed by atoms with Crippen molar-refractivity contribution in [2.24, 2.45) is 0 Å². The van der Waals surface area contributed by atoms with Crippen LogP contribution in [0.5, 0.6) is 5.75 Å². The SMILES string of the molecule is CC(=O)c1cc(F)c(C)cc1OCCCN(C)C. The summed E-state index contributed by atoms with van der Waals surface area (Å²) in [6.07, 6.45) is 0.862. The van der Waals surface area contributed by atoms with Crippen molar-refractivity contribution >= 4 is 5.78 Å². The number of ether oxygens (including phenoxy) is 1. The molecule has 0 aliphatic heterocycles. The molecule has 0 N–H and O–H groups in total. The molecule has 0 radical (unpaired) electrons. The van der Waals surface area contributed by atoms with Gasteiger partial charge in [-0.1, -0.05) is 0 Å². The summed E-state index contributed by atoms with van der Waals surface area (Å²) in [7, 11) is 3.98. The van der Waals surface area contributed by atoms with E-state index in [-0.39, 0.29) is 11.6 Å². The number of rotatable bonds is 6. The number of carbonyl (C=O) groups is 1. The third kappa shape index (κ3) is 4.11. The molecule has 0 spiro atoms. The molecule has 0 fully saturated rings. The van der Waals surface area contributed by atoms with Gasteiger partial charge in [-0.15, -0.1) is 0 Å². The Balaban J connectivity index is 2.74. The van der Waals surface area contributed by atoms with Crippen molar-refractivity contribution in [1.82, 2.24) is 4.90 Å². The average Bonchev–Trinajstić information content (AvgIpc) is 2.28. The highest BCUT2D eigenvalue weighted by Gasteiger charge is 2.12. The minimum atomic E-state index is -0.374. The van der Waals surface area contributed by atoms with Crippen LogP contribution in [0.4, 0.5) is 4.39 Å². The molecule has 18 heavy (non-hydrogen) atoms. The largest absolute Gasteiger partial charge is 0.493 e. The maximum atomic E-state index is 13.4. The lowest BCUT2D eigenvalue weighted by molar-refractivity contribution is 0.101. The third-order valence-corrected chi connectivity index (χ3v) is 2.65. The van der Waals surface area contributed by atoms with Crippen LogP contribution in [0.2, 0.25) is 0 Å². The third-order valence-electron chi connectivity index (χ3n) is 2.65. The van der Waals surface area contributed by atoms with Gasteiger partial charge in [0.05, 0.1) is 12.2 Å². The number of ketones is 1. The number of hydrogen-bond donors (Lipinski definition) is 0. The summed E-state index contributed by atoms with van der Waals surface area (Å²) in [4.78, 5) is 13.5. The Kier molecular flexibility index (Phi) is 5.28. The molecule has 0 heterocycles. The van der Waals surface area contributed by atoms with Gasteiger partial charge in [-0.2, -0.15) is 0 Å². The fraction of sp³-hybridized carbons (Fsp3) is 0.500. The lowest BCUT2D eigenvalue weighted by Crippen LogP contribution is -2.16. The van der Waals surface area contributed by atoms with Gasteiger partial charge < -0.3 is 9.64 Å². The number of benzene rings is 1. The second kappa shape index (κ2) is 6.50. The van der Waals surface area contributed by atoms with Crippen LogP contribution < -0.4 is 4.74 Å². The summed E-state index contributed by atoms with van der Waals surface area (Å²) < 4.78 is 19.0. The van der Waals surface area contributed by atoms with Crippen molar-refractivity contribution in [3.8, 4) is 5.75 Å². The van der Waals surface area contributed by atoms with Crippen LogP contribution in [-0.4, -0.2) is 37.9 Å². The van der Waals surface area contributed by atoms with E-state index in [4.69, 9.17) is 4.74 Å². The second-order valence-electron chi connectivity index (χ2n) is 4.66. The van der Waals surface area contributed by atoms with E-state index in [1.54, 1.807) is 13.0 Å². The van der Waals surface area contributed by atoms with Gasteiger partial charge in [-0.25, -0.2) is 4.39 Å². The molecule has 0 bridgehead atoms. The number of halogens is 1. The Bertz CT molecular complexity index is 430. The van der Waals surface area contributed by atoms with E-state index < -0.39 is 0 Å². The molecule has 1 aromatic carbocycles. The van der Waals surface area contributed by atoms with Crippen molar-refractivity contribution in [2.75, 3.05) is 27.2 Å². The average molecular weight is 253 g/mol. The molecule has 0 saturated heterocycles. The fourth-order valence-electron chi connectivity index (χ4n) is 1.61. The smallest absolute Gasteiger partial charge is 0.163 e. The van der Waals surface area contributed by atoms with Crippen LogP contribution in [0.1, 0.15) is 29.3 Å². The zero-order chi connectivity index (χ0) is 13.7. The molecular weight excluding hydrogens is 233 g/mol. The summed E-state index contributed by atoms with van der Waals surface area (Å²) in [5.41, 5.74) is 0.797. The van der Waals surface area contributed by atoms with E-state index in [1.165, 1.54) is 13.0 Å². The molecule has 0 unspecified atom stereocenters. The van der Waals surface area contributed by atoms with Crippen LogP contribution in [0.15, 0.2) is 12.1 Å². The van der Waals surface area contributed by atoms with Gasteiger partial charge in [0.25, 0.3) is 0 Å². The first-order chi connectivity index (χ1) is 8.41. The summed E-state index contributed by atoms with van der Waals surface area (Å²) in [6, 6.07) is 2.83. The van der Waals surface area contributed by atoms with E-state index in [9.17, 15) is 9.18 Å². The van der Waals surface area contributed by atoms with Gasteiger partial charge in [0, 0.05) is 6.54 Å². The number of nitrogens with zero attached hydrogens (tertiary/aromatic N) is 1. The van der Waals surface area contributed by atoms with E-state index in [1.807, 2.05) is 14.1 Å². The molecule has 3 nitrogen and oxygen atoms in total. The van der Waals surface area contributed by atoms with Crippen molar-refractivity contribution in [3.63, 3.8) is 0 Å². The van der Waals surface area contributed by atoms with E-state index in [0.717, 1.165) is 13.0 Å². The normalized spacial score (nSPS) is 10.8. The standard InChI is InChI=1S/C14H20FNO2/c1-10-8-14(18-7-5-6-16(3)4)12(11(2)17)9-13(10)15/h8-9H,5-7H2,1-4H3. The van der Waals surface area contributed by atoms with Crippen LogP contribution >= 0.6 is 0 Å². The number of aryl methyl sites for hydroxylation is 1. The Morgan fingerprint density at radius 2 is 2.06 bits per heavy atom. The summed E-state index contributed by atoms with van der Waals surface area (Å²) >= 11 is 0. The minimum Gasteiger partial charge on any atom is -0.493 e. The lowest BCUT2D eigenvalue weighted by Gasteiger charge is -2.13. The molecule has 0 atom stereocenters. The maximum Gasteiger partial charge on any atom is 0.163 e. The first kappa shape index (κ1) is 14.6. The first-order valence-electron chi connectivity index (χ1n) is 6.00. The van der Waals surface area contributed by atoms with Crippen molar-refractivity contribution in [2.45, 2.75) is 20.3 Å². The minimum absolute atomic E-state index is 0.184. The highest BCUT2D eigenvalue weighted by molar-refractivity contribution is 5.96. The molecule has 0 aromatic heterocycles. The van der Waals surface area contributed by atoms with Gasteiger partial charge in [0.2, 0.25) is 0 Å². The second-order valence-corrected chi connectivity index (χ2v) is 4.66. The zero-order valence-electron chi connectivity index (χ0n) is 11.4. The van der Waals surface area contributed by atoms with Crippen LogP contribution in [-0.2, 0) is 0 Å². The van der Waals surface area contributed by atoms with Crippen LogP contribution in [0.3, 0.4) is 0 Å². The van der Waals surface area contributed by atoms with E-state index in [0.29, 0.717) is 23.5 Å². The quantitative estimate of drug-likeness (QED) is 0.576. The molecule has 0 amide bonds. The number of hydrogen-bond acceptors (Lipinski definition) is 3. The molecule has 1 aromatic rings. The monoisotopic (exact) mass is 253 g/mol. The Labute approximate surface area is 108 Å². The summed E-state index contributed by atoms with van der Waals surface area (Å²) in [6.45, 7) is 4.50. The Morgan fingerprint density at radius 1 is 1.39 bits per heavy atom. The molecule has 0 aliphatic rings. The number of Topliss-reactive ketones (excluding diaryl/α,β-unsaturated/α-hetero) is 1. The summed E-state index contributed by atoms with van der Waals surface area (Å²) in [5, 5.41) is 0. The van der Waals surface area contributed by atoms with E-state index >= 15 is 0 Å². The Morgan fingerprint density at radius 3 is 2.61 bits per heavy atom. The van der Waals surface area contributed by atoms with Gasteiger partial charge >= 0.3 is 0 Å². The highest BCUT2D eigenvalue weighted by Crippen LogP contribution is 2.23. The van der Waals surface area contributed by atoms with Crippen molar-refractivity contribution in [3.05, 3.63) is 29.1 Å². The molecular formula is C14H20FNO2. The van der Waals surface area contributed by atoms with Gasteiger partial charge in [0.15, 0.2) is 5.78 Å². The maximum absolute atomic E-state index is 13.4. The molecule has 1 rings (SSSR count). The zero-order valence-corrected chi connectivity index (χ0v) is 11.4. The van der Waals surface area contributed by atoms with Crippen molar-refractivity contribution in [1.29, 1.82) is 0 Å². The van der Waals surface area contributed by atoms with Crippen LogP contribution in [0, 0.1) is 12.7 Å². The molecule has 100 valence electrons. The fourth-order valence-corrected chi connectivity index (χ4v) is 1.61. The predicted molar refractivity (Wildman–Crippen MR) is 69.8 cm³/mol. The lowest BCUT2D eigenvalue weighted by atomic mass is 10.1. The molecule has 0 saturated carbocycles. The van der Waals surface area contributed by atoms with Gasteiger partial charge in [-0.05, 0) is 52.1 Å². The van der Waals surface area contributed by atoms with Crippen molar-refractivity contribution < 1.29 is 13.9 Å². The van der Waals surface area contributed by atoms with Gasteiger partial charge in [-0.3, -0.25) is 4.79 Å². The Hall–Kier alpha value is -1.42. The van der Waals surface area contributed by atoms with Crippen LogP contribution in [0.25, 0.3) is 0 Å². The predicted octanol–water partition coefficient (Wildman–Crippen LogP) is 2.67. The molecule has 4 heteroatoms. The highest BCUT2D eigenvalue weighted by atomic mass is 19.1. The first-order valence-corrected chi connectivity index (χ1v) is 6.00.